The molecule has 0 spiro atoms. The summed E-state index contributed by atoms with van der Waals surface area (Å²) >= 11 is 0. The van der Waals surface area contributed by atoms with E-state index in [4.69, 9.17) is 4.74 Å². The Morgan fingerprint density at radius 1 is 1.41 bits per heavy atom. The van der Waals surface area contributed by atoms with Gasteiger partial charge in [-0.1, -0.05) is 19.1 Å². The van der Waals surface area contributed by atoms with Gasteiger partial charge in [0.1, 0.15) is 11.7 Å². The molecular weight excluding hydrogens is 408 g/mol. The van der Waals surface area contributed by atoms with Crippen LogP contribution in [0.1, 0.15) is 36.7 Å². The summed E-state index contributed by atoms with van der Waals surface area (Å²) in [5.41, 5.74) is 2.23. The number of nitriles is 1. The second-order valence-electron chi connectivity index (χ2n) is 8.29. The first-order chi connectivity index (χ1) is 15.2. The molecule has 0 radical (unpaired) electrons. The molecule has 0 saturated carbocycles. The molecule has 0 bridgehead atoms. The summed E-state index contributed by atoms with van der Waals surface area (Å²) in [7, 11) is 1.70. The molecule has 3 rings (SSSR count). The molecule has 8 heteroatoms. The Hall–Kier alpha value is -3.44. The van der Waals surface area contributed by atoms with E-state index in [-0.39, 0.29) is 41.9 Å². The van der Waals surface area contributed by atoms with Gasteiger partial charge in [0.15, 0.2) is 0 Å². The first-order valence-corrected chi connectivity index (χ1v) is 10.6. The average molecular weight is 437 g/mol. The topological polar surface area (TPSA) is 107 Å². The van der Waals surface area contributed by atoms with Gasteiger partial charge >= 0.3 is 0 Å². The summed E-state index contributed by atoms with van der Waals surface area (Å²) < 4.78 is 6.17. The summed E-state index contributed by atoms with van der Waals surface area (Å²) in [5.74, 6) is -0.270. The third-order valence-corrected chi connectivity index (χ3v) is 5.84. The third-order valence-electron chi connectivity index (χ3n) is 5.84. The number of benzene rings is 1. The fourth-order valence-corrected chi connectivity index (χ4v) is 3.64. The second kappa shape index (κ2) is 9.79. The maximum absolute atomic E-state index is 13.5. The number of amides is 2. The number of pyridine rings is 1. The Morgan fingerprint density at radius 3 is 2.81 bits per heavy atom. The number of aliphatic hydroxyl groups is 1. The number of likely N-dealkylation sites (N-methyl/N-ethyl adjacent to an activating group) is 1. The van der Waals surface area contributed by atoms with Gasteiger partial charge in [-0.05, 0) is 30.7 Å². The molecule has 0 saturated heterocycles. The third kappa shape index (κ3) is 4.89. The minimum Gasteiger partial charge on any atom is -0.472 e. The van der Waals surface area contributed by atoms with Crippen LogP contribution in [0.5, 0.6) is 5.88 Å². The summed E-state index contributed by atoms with van der Waals surface area (Å²) in [4.78, 5) is 32.9. The van der Waals surface area contributed by atoms with Crippen molar-refractivity contribution in [3.05, 3.63) is 47.7 Å². The van der Waals surface area contributed by atoms with Crippen LogP contribution in [0, 0.1) is 17.2 Å². The number of aromatic nitrogens is 1. The van der Waals surface area contributed by atoms with Gasteiger partial charge in [-0.2, -0.15) is 5.26 Å². The van der Waals surface area contributed by atoms with E-state index in [9.17, 15) is 20.0 Å². The number of fused-ring (bicyclic) bond motifs is 1. The summed E-state index contributed by atoms with van der Waals surface area (Å²) in [6, 6.07) is 10.5. The molecule has 1 aromatic heterocycles. The molecule has 1 aromatic carbocycles. The zero-order chi connectivity index (χ0) is 23.4. The summed E-state index contributed by atoms with van der Waals surface area (Å²) in [6.45, 7) is 5.77. The summed E-state index contributed by atoms with van der Waals surface area (Å²) in [6.07, 6.45) is 1.23. The van der Waals surface area contributed by atoms with Crippen LogP contribution in [0.4, 0.5) is 0 Å². The molecule has 1 aliphatic heterocycles. The van der Waals surface area contributed by atoms with Gasteiger partial charge in [0.05, 0.1) is 30.8 Å². The van der Waals surface area contributed by atoms with Crippen molar-refractivity contribution in [2.24, 2.45) is 5.92 Å². The fourth-order valence-electron chi connectivity index (χ4n) is 3.64. The molecule has 1 aliphatic rings. The number of carbonyl (C=O) groups is 2. The van der Waals surface area contributed by atoms with Crippen LogP contribution in [0.25, 0.3) is 11.1 Å². The van der Waals surface area contributed by atoms with Crippen molar-refractivity contribution in [1.82, 2.24) is 14.8 Å². The second-order valence-corrected chi connectivity index (χ2v) is 8.29. The zero-order valence-corrected chi connectivity index (χ0v) is 18.8. The van der Waals surface area contributed by atoms with Crippen molar-refractivity contribution in [2.75, 3.05) is 26.7 Å². The van der Waals surface area contributed by atoms with Crippen LogP contribution in [-0.4, -0.2) is 70.6 Å². The van der Waals surface area contributed by atoms with Crippen LogP contribution >= 0.6 is 0 Å². The highest BCUT2D eigenvalue weighted by Crippen LogP contribution is 2.30. The maximum atomic E-state index is 13.5. The summed E-state index contributed by atoms with van der Waals surface area (Å²) in [5, 5.41) is 19.0. The maximum Gasteiger partial charge on any atom is 0.259 e. The number of rotatable bonds is 5. The molecule has 0 aliphatic carbocycles. The van der Waals surface area contributed by atoms with E-state index in [1.54, 1.807) is 54.2 Å². The van der Waals surface area contributed by atoms with Gasteiger partial charge in [-0.25, -0.2) is 4.98 Å². The van der Waals surface area contributed by atoms with E-state index in [0.717, 1.165) is 5.56 Å². The number of nitrogens with zero attached hydrogens (tertiary/aromatic N) is 4. The molecule has 2 amide bonds. The predicted molar refractivity (Wildman–Crippen MR) is 119 cm³/mol. The molecule has 2 aromatic rings. The number of hydrogen-bond acceptors (Lipinski definition) is 6. The van der Waals surface area contributed by atoms with Crippen molar-refractivity contribution in [3.63, 3.8) is 0 Å². The minimum absolute atomic E-state index is 0.0829. The van der Waals surface area contributed by atoms with Gasteiger partial charge in [0, 0.05) is 38.2 Å². The Balaban J connectivity index is 2.07. The van der Waals surface area contributed by atoms with Crippen LogP contribution in [0.15, 0.2) is 36.5 Å². The van der Waals surface area contributed by atoms with Crippen LogP contribution in [0.2, 0.25) is 0 Å². The van der Waals surface area contributed by atoms with Crippen LogP contribution < -0.4 is 4.74 Å². The Morgan fingerprint density at radius 2 is 2.16 bits per heavy atom. The standard InChI is InChI=1S/C24H28N4O4/c1-15-12-28(16(2)14-29)24(31)21-9-20(19-7-5-6-18(8-19)10-25)11-26-23(21)32-22(15)13-27(4)17(3)30/h5-9,11,15-16,22,29H,12-14H2,1-4H3/t15-,16+,22+/m0/s1. The molecule has 168 valence electrons. The van der Waals surface area contributed by atoms with Gasteiger partial charge in [-0.3, -0.25) is 9.59 Å². The Kier molecular flexibility index (Phi) is 7.11. The molecular formula is C24H28N4O4. The van der Waals surface area contributed by atoms with Crippen molar-refractivity contribution in [2.45, 2.75) is 32.9 Å². The van der Waals surface area contributed by atoms with E-state index >= 15 is 0 Å². The molecule has 1 N–H and O–H groups in total. The predicted octanol–water partition coefficient (Wildman–Crippen LogP) is 2.32. The highest BCUT2D eigenvalue weighted by atomic mass is 16.5. The van der Waals surface area contributed by atoms with E-state index in [0.29, 0.717) is 24.2 Å². The SMILES string of the molecule is CC(=O)N(C)C[C@H]1Oc2ncc(-c3cccc(C#N)c3)cc2C(=O)N([C@H](C)CO)C[C@@H]1C. The van der Waals surface area contributed by atoms with Crippen molar-refractivity contribution >= 4 is 11.8 Å². The largest absolute Gasteiger partial charge is 0.472 e. The molecule has 3 atom stereocenters. The van der Waals surface area contributed by atoms with Gasteiger partial charge in [-0.15, -0.1) is 0 Å². The van der Waals surface area contributed by atoms with E-state index in [2.05, 4.69) is 11.1 Å². The average Bonchev–Trinajstić information content (AvgIpc) is 2.80. The normalized spacial score (nSPS) is 19.1. The van der Waals surface area contributed by atoms with Crippen LogP contribution in [0.3, 0.4) is 0 Å². The molecule has 32 heavy (non-hydrogen) atoms. The van der Waals surface area contributed by atoms with Crippen molar-refractivity contribution in [3.8, 4) is 23.1 Å². The quantitative estimate of drug-likeness (QED) is 0.771. The first kappa shape index (κ1) is 23.2. The Bertz CT molecular complexity index is 1050. The highest BCUT2D eigenvalue weighted by Gasteiger charge is 2.34. The number of hydrogen-bond donors (Lipinski definition) is 1. The van der Waals surface area contributed by atoms with Crippen molar-refractivity contribution in [1.29, 1.82) is 5.26 Å². The lowest BCUT2D eigenvalue weighted by Crippen LogP contribution is -2.50. The highest BCUT2D eigenvalue weighted by molar-refractivity contribution is 5.98. The van der Waals surface area contributed by atoms with E-state index in [1.165, 1.54) is 6.92 Å². The monoisotopic (exact) mass is 436 g/mol. The number of ether oxygens (including phenoxy) is 1. The molecule has 0 fully saturated rings. The Labute approximate surface area is 188 Å². The lowest BCUT2D eigenvalue weighted by molar-refractivity contribution is -0.129. The van der Waals surface area contributed by atoms with E-state index in [1.807, 2.05) is 13.0 Å². The molecule has 0 unspecified atom stereocenters. The molecule has 2 heterocycles. The molecule has 8 nitrogen and oxygen atoms in total. The minimum atomic E-state index is -0.396. The number of aliphatic hydroxyl groups excluding tert-OH is 1. The van der Waals surface area contributed by atoms with E-state index < -0.39 is 6.04 Å². The zero-order valence-electron chi connectivity index (χ0n) is 18.8. The first-order valence-electron chi connectivity index (χ1n) is 10.6. The van der Waals surface area contributed by atoms with Gasteiger partial charge in [0.2, 0.25) is 11.8 Å². The lowest BCUT2D eigenvalue weighted by atomic mass is 9.99. The van der Waals surface area contributed by atoms with Crippen LogP contribution in [-0.2, 0) is 4.79 Å². The smallest absolute Gasteiger partial charge is 0.259 e. The number of carbonyl (C=O) groups excluding carboxylic acids is 2. The lowest BCUT2D eigenvalue weighted by Gasteiger charge is -2.37. The van der Waals surface area contributed by atoms with Gasteiger partial charge in [0.25, 0.3) is 5.91 Å². The fraction of sp³-hybridized carbons (Fsp3) is 0.417. The van der Waals surface area contributed by atoms with Crippen molar-refractivity contribution < 1.29 is 19.4 Å². The van der Waals surface area contributed by atoms with Gasteiger partial charge < -0.3 is 19.6 Å².